The number of hydrogen-bond donors (Lipinski definition) is 2. The summed E-state index contributed by atoms with van der Waals surface area (Å²) in [7, 11) is -4.02. The Balaban J connectivity index is 0.000000257. The third kappa shape index (κ3) is 8.92. The Morgan fingerprint density at radius 1 is 1.08 bits per heavy atom. The normalized spacial score (nSPS) is 12.9. The number of halogens is 3. The molecule has 0 radical (unpaired) electrons. The van der Waals surface area contributed by atoms with E-state index < -0.39 is 21.7 Å². The maximum absolute atomic E-state index is 11.8. The molecule has 0 bridgehead atoms. The fourth-order valence-electron chi connectivity index (χ4n) is 1.69. The topological polar surface area (TPSA) is 80.4 Å². The molecule has 2 aromatic rings. The van der Waals surface area contributed by atoms with Gasteiger partial charge in [-0.05, 0) is 36.4 Å². The highest BCUT2D eigenvalue weighted by Crippen LogP contribution is 2.32. The van der Waals surface area contributed by atoms with E-state index in [2.05, 4.69) is 0 Å². The molecule has 0 amide bonds. The Morgan fingerprint density at radius 3 is 2.04 bits per heavy atom. The summed E-state index contributed by atoms with van der Waals surface area (Å²) in [5, 5.41) is 0. The van der Waals surface area contributed by atoms with Gasteiger partial charge in [-0.3, -0.25) is 4.55 Å². The van der Waals surface area contributed by atoms with Crippen molar-refractivity contribution in [2.75, 3.05) is 5.75 Å². The van der Waals surface area contributed by atoms with E-state index in [9.17, 15) is 21.6 Å². The summed E-state index contributed by atoms with van der Waals surface area (Å²) >= 11 is -0.0885. The van der Waals surface area contributed by atoms with Crippen LogP contribution < -0.4 is 5.73 Å². The van der Waals surface area contributed by atoms with Gasteiger partial charge in [0.25, 0.3) is 10.1 Å². The molecule has 25 heavy (non-hydrogen) atoms. The van der Waals surface area contributed by atoms with Crippen molar-refractivity contribution < 1.29 is 26.1 Å². The number of thioether (sulfide) groups is 1. The van der Waals surface area contributed by atoms with Crippen molar-refractivity contribution in [1.29, 1.82) is 0 Å². The van der Waals surface area contributed by atoms with Crippen LogP contribution in [0.25, 0.3) is 0 Å². The molecule has 3 N–H and O–H groups in total. The summed E-state index contributed by atoms with van der Waals surface area (Å²) in [6.07, 6.45) is 0. The molecule has 0 aliphatic heterocycles. The van der Waals surface area contributed by atoms with Crippen molar-refractivity contribution in [1.82, 2.24) is 0 Å². The van der Waals surface area contributed by atoms with Gasteiger partial charge < -0.3 is 5.73 Å². The lowest BCUT2D eigenvalue weighted by molar-refractivity contribution is -0.0328. The fourth-order valence-corrected chi connectivity index (χ4v) is 2.73. The first-order chi connectivity index (χ1) is 11.5. The van der Waals surface area contributed by atoms with Crippen LogP contribution in [0.2, 0.25) is 0 Å². The number of rotatable bonds is 4. The van der Waals surface area contributed by atoms with Crippen LogP contribution in [0.15, 0.2) is 59.5 Å². The molecular weight excluding hydrogens is 375 g/mol. The number of hydrogen-bond acceptors (Lipinski definition) is 4. The summed E-state index contributed by atoms with van der Waals surface area (Å²) < 4.78 is 65.1. The molecule has 0 aliphatic rings. The smallest absolute Gasteiger partial charge is 0.323 e. The van der Waals surface area contributed by atoms with E-state index >= 15 is 0 Å². The molecule has 0 fully saturated rings. The minimum absolute atomic E-state index is 0.0666. The molecule has 0 saturated carbocycles. The predicted molar refractivity (Wildman–Crippen MR) is 92.9 cm³/mol. The Hall–Kier alpha value is -1.55. The highest BCUT2D eigenvalue weighted by molar-refractivity contribution is 8.00. The average molecular weight is 393 g/mol. The lowest BCUT2D eigenvalue weighted by Gasteiger charge is -2.12. The molecule has 1 unspecified atom stereocenters. The van der Waals surface area contributed by atoms with E-state index in [0.29, 0.717) is 0 Å². The van der Waals surface area contributed by atoms with Gasteiger partial charge in [-0.1, -0.05) is 48.0 Å². The minimum Gasteiger partial charge on any atom is -0.323 e. The van der Waals surface area contributed by atoms with Gasteiger partial charge >= 0.3 is 5.51 Å². The first kappa shape index (κ1) is 21.5. The zero-order chi connectivity index (χ0) is 19.1. The average Bonchev–Trinajstić information content (AvgIpc) is 2.53. The molecule has 4 nitrogen and oxygen atoms in total. The van der Waals surface area contributed by atoms with Crippen LogP contribution in [-0.2, 0) is 10.1 Å². The van der Waals surface area contributed by atoms with Gasteiger partial charge in [0.05, 0.1) is 4.90 Å². The molecule has 0 saturated heterocycles. The Labute approximate surface area is 149 Å². The molecule has 138 valence electrons. The molecule has 9 heteroatoms. The van der Waals surface area contributed by atoms with Crippen molar-refractivity contribution in [2.45, 2.75) is 23.4 Å². The van der Waals surface area contributed by atoms with Crippen LogP contribution in [0.1, 0.15) is 17.2 Å². The van der Waals surface area contributed by atoms with E-state index in [-0.39, 0.29) is 22.4 Å². The van der Waals surface area contributed by atoms with Crippen LogP contribution in [-0.4, -0.2) is 24.2 Å². The molecule has 0 heterocycles. The van der Waals surface area contributed by atoms with E-state index in [4.69, 9.17) is 10.3 Å². The van der Waals surface area contributed by atoms with Gasteiger partial charge in [0.15, 0.2) is 0 Å². The molecule has 2 rings (SSSR count). The van der Waals surface area contributed by atoms with Gasteiger partial charge in [0, 0.05) is 11.8 Å². The molecular formula is C16H18F3NO3S2. The van der Waals surface area contributed by atoms with Crippen LogP contribution in [0.3, 0.4) is 0 Å². The number of nitrogens with two attached hydrogens (primary N) is 1. The quantitative estimate of drug-likeness (QED) is 0.762. The standard InChI is InChI=1S/C9H10F3NS.C7H8O3S/c10-9(11,12)14-6-8(13)7-4-2-1-3-5-7;1-6-2-4-7(5-3-6)11(8,9)10/h1-5,8H,6,13H2;2-5H,1H3,(H,8,9,10). The van der Waals surface area contributed by atoms with Crippen molar-refractivity contribution in [3.05, 3.63) is 65.7 Å². The number of alkyl halides is 3. The second-order valence-corrected chi connectivity index (χ2v) is 7.57. The monoisotopic (exact) mass is 393 g/mol. The highest BCUT2D eigenvalue weighted by atomic mass is 32.2. The Kier molecular flexibility index (Phi) is 7.94. The maximum atomic E-state index is 11.8. The van der Waals surface area contributed by atoms with Gasteiger partial charge in [-0.15, -0.1) is 0 Å². The van der Waals surface area contributed by atoms with Gasteiger partial charge in [0.1, 0.15) is 0 Å². The largest absolute Gasteiger partial charge is 0.441 e. The SMILES string of the molecule is Cc1ccc(S(=O)(=O)O)cc1.NC(CSC(F)(F)F)c1ccccc1. The third-order valence-electron chi connectivity index (χ3n) is 2.97. The van der Waals surface area contributed by atoms with Gasteiger partial charge in [0.2, 0.25) is 0 Å². The van der Waals surface area contributed by atoms with Crippen LogP contribution in [0.5, 0.6) is 0 Å². The Morgan fingerprint density at radius 2 is 1.60 bits per heavy atom. The minimum atomic E-state index is -4.20. The summed E-state index contributed by atoms with van der Waals surface area (Å²) in [5.41, 5.74) is 3.06. The Bertz CT molecular complexity index is 748. The lowest BCUT2D eigenvalue weighted by atomic mass is 10.1. The van der Waals surface area contributed by atoms with E-state index in [1.807, 2.05) is 6.92 Å². The first-order valence-electron chi connectivity index (χ1n) is 7.04. The molecule has 0 spiro atoms. The second kappa shape index (κ2) is 9.23. The van der Waals surface area contributed by atoms with E-state index in [1.165, 1.54) is 12.1 Å². The summed E-state index contributed by atoms with van der Waals surface area (Å²) in [6.45, 7) is 1.84. The van der Waals surface area contributed by atoms with Crippen LogP contribution >= 0.6 is 11.8 Å². The molecule has 1 atom stereocenters. The van der Waals surface area contributed by atoms with Crippen molar-refractivity contribution in [2.24, 2.45) is 5.73 Å². The summed E-state index contributed by atoms with van der Waals surface area (Å²) in [5.74, 6) is -0.145. The van der Waals surface area contributed by atoms with Crippen LogP contribution in [0, 0.1) is 6.92 Å². The van der Waals surface area contributed by atoms with Gasteiger partial charge in [-0.2, -0.15) is 21.6 Å². The first-order valence-corrected chi connectivity index (χ1v) is 9.47. The summed E-state index contributed by atoms with van der Waals surface area (Å²) in [6, 6.07) is 14.2. The van der Waals surface area contributed by atoms with Crippen molar-refractivity contribution in [3.63, 3.8) is 0 Å². The van der Waals surface area contributed by atoms with Crippen molar-refractivity contribution >= 4 is 21.9 Å². The van der Waals surface area contributed by atoms with E-state index in [0.717, 1.165) is 11.1 Å². The zero-order valence-electron chi connectivity index (χ0n) is 13.3. The molecule has 0 aromatic heterocycles. The molecule has 2 aromatic carbocycles. The molecule has 0 aliphatic carbocycles. The fraction of sp³-hybridized carbons (Fsp3) is 0.250. The highest BCUT2D eigenvalue weighted by Gasteiger charge is 2.29. The predicted octanol–water partition coefficient (Wildman–Crippen LogP) is 4.18. The zero-order valence-corrected chi connectivity index (χ0v) is 14.9. The van der Waals surface area contributed by atoms with E-state index in [1.54, 1.807) is 42.5 Å². The number of aryl methyl sites for hydroxylation is 1. The maximum Gasteiger partial charge on any atom is 0.441 e. The third-order valence-corrected chi connectivity index (χ3v) is 4.69. The summed E-state index contributed by atoms with van der Waals surface area (Å²) in [4.78, 5) is -0.0666. The number of benzene rings is 2. The second-order valence-electron chi connectivity index (χ2n) is 5.06. The van der Waals surface area contributed by atoms with Gasteiger partial charge in [-0.25, -0.2) is 0 Å². The lowest BCUT2D eigenvalue weighted by Crippen LogP contribution is -2.15. The van der Waals surface area contributed by atoms with Crippen molar-refractivity contribution in [3.8, 4) is 0 Å². The van der Waals surface area contributed by atoms with Crippen LogP contribution in [0.4, 0.5) is 13.2 Å².